The molecule has 1 saturated heterocycles. The van der Waals surface area contributed by atoms with Crippen molar-refractivity contribution in [1.29, 1.82) is 0 Å². The number of benzene rings is 1. The lowest BCUT2D eigenvalue weighted by molar-refractivity contribution is 0.315. The zero-order chi connectivity index (χ0) is 17.4. The number of aromatic nitrogens is 2. The Labute approximate surface area is 146 Å². The summed E-state index contributed by atoms with van der Waals surface area (Å²) in [7, 11) is 0. The lowest BCUT2D eigenvalue weighted by Crippen LogP contribution is -2.32. The standard InChI is InChI=1S/C18H21FN6/c1-12(2)24-10-16-18(20-11-24)23-17(22-16)14-7-21-25(9-14)8-13-4-3-5-15(19)6-13/h3-7,9-10,12,17,22H,8,11H2,1-2H3,(H,20,23). The minimum absolute atomic E-state index is 0.0571. The van der Waals surface area contributed by atoms with Gasteiger partial charge < -0.3 is 15.5 Å². The Morgan fingerprint density at radius 1 is 1.32 bits per heavy atom. The maximum atomic E-state index is 13.3. The van der Waals surface area contributed by atoms with Gasteiger partial charge in [-0.15, -0.1) is 0 Å². The molecule has 2 N–H and O–H groups in total. The van der Waals surface area contributed by atoms with E-state index < -0.39 is 0 Å². The van der Waals surface area contributed by atoms with E-state index in [0.29, 0.717) is 19.3 Å². The molecule has 130 valence electrons. The van der Waals surface area contributed by atoms with Crippen LogP contribution < -0.4 is 10.6 Å². The highest BCUT2D eigenvalue weighted by Crippen LogP contribution is 2.21. The van der Waals surface area contributed by atoms with E-state index in [1.54, 1.807) is 6.07 Å². The average Bonchev–Trinajstić information content (AvgIpc) is 3.20. The van der Waals surface area contributed by atoms with E-state index in [1.807, 2.05) is 23.1 Å². The lowest BCUT2D eigenvalue weighted by atomic mass is 10.2. The van der Waals surface area contributed by atoms with Gasteiger partial charge in [-0.2, -0.15) is 5.10 Å². The zero-order valence-corrected chi connectivity index (χ0v) is 14.3. The van der Waals surface area contributed by atoms with Crippen LogP contribution in [0.4, 0.5) is 4.39 Å². The molecule has 1 unspecified atom stereocenters. The predicted octanol–water partition coefficient (Wildman–Crippen LogP) is 2.18. The number of halogens is 1. The van der Waals surface area contributed by atoms with Crippen molar-refractivity contribution in [3.8, 4) is 0 Å². The molecule has 0 radical (unpaired) electrons. The fourth-order valence-electron chi connectivity index (χ4n) is 2.98. The smallest absolute Gasteiger partial charge is 0.149 e. The van der Waals surface area contributed by atoms with E-state index in [1.165, 1.54) is 12.1 Å². The fourth-order valence-corrected chi connectivity index (χ4v) is 2.98. The highest BCUT2D eigenvalue weighted by atomic mass is 19.1. The van der Waals surface area contributed by atoms with Crippen molar-refractivity contribution < 1.29 is 4.39 Å². The Bertz CT molecular complexity index is 838. The average molecular weight is 340 g/mol. The molecule has 0 spiro atoms. The molecule has 1 atom stereocenters. The van der Waals surface area contributed by atoms with E-state index in [9.17, 15) is 4.39 Å². The molecule has 1 fully saturated rings. The highest BCUT2D eigenvalue weighted by molar-refractivity contribution is 6.00. The summed E-state index contributed by atoms with van der Waals surface area (Å²) in [5.74, 6) is 0.660. The van der Waals surface area contributed by atoms with Crippen LogP contribution in [0.25, 0.3) is 0 Å². The van der Waals surface area contributed by atoms with Gasteiger partial charge in [0.2, 0.25) is 0 Å². The van der Waals surface area contributed by atoms with E-state index in [4.69, 9.17) is 0 Å². The Morgan fingerprint density at radius 2 is 2.20 bits per heavy atom. The third-order valence-electron chi connectivity index (χ3n) is 4.41. The van der Waals surface area contributed by atoms with Gasteiger partial charge >= 0.3 is 0 Å². The van der Waals surface area contributed by atoms with Crippen molar-refractivity contribution in [3.05, 3.63) is 65.5 Å². The summed E-state index contributed by atoms with van der Waals surface area (Å²) in [6, 6.07) is 6.99. The van der Waals surface area contributed by atoms with Crippen LogP contribution in [0, 0.1) is 5.82 Å². The molecule has 0 amide bonds. The highest BCUT2D eigenvalue weighted by Gasteiger charge is 2.28. The largest absolute Gasteiger partial charge is 0.357 e. The van der Waals surface area contributed by atoms with Gasteiger partial charge in [0.05, 0.1) is 18.4 Å². The maximum Gasteiger partial charge on any atom is 0.149 e. The van der Waals surface area contributed by atoms with Crippen LogP contribution in [0.1, 0.15) is 31.1 Å². The van der Waals surface area contributed by atoms with Gasteiger partial charge in [0.25, 0.3) is 0 Å². The van der Waals surface area contributed by atoms with Gasteiger partial charge in [0, 0.05) is 24.0 Å². The molecular weight excluding hydrogens is 319 g/mol. The van der Waals surface area contributed by atoms with Gasteiger partial charge in [-0.1, -0.05) is 12.1 Å². The first-order valence-electron chi connectivity index (χ1n) is 8.41. The van der Waals surface area contributed by atoms with Crippen LogP contribution in [0.2, 0.25) is 0 Å². The first-order chi connectivity index (χ1) is 12.1. The topological polar surface area (TPSA) is 57.5 Å². The summed E-state index contributed by atoms with van der Waals surface area (Å²) in [4.78, 5) is 6.77. The SMILES string of the molecule is CC(C)N1C=C2NC(c3cnn(Cc4cccc(F)c4)c3)NC2=NC1. The number of hydrogen-bond acceptors (Lipinski definition) is 5. The molecule has 2 aliphatic heterocycles. The van der Waals surface area contributed by atoms with Crippen molar-refractivity contribution in [2.45, 2.75) is 32.6 Å². The molecule has 3 heterocycles. The number of rotatable bonds is 4. The van der Waals surface area contributed by atoms with Crippen molar-refractivity contribution in [3.63, 3.8) is 0 Å². The normalized spacial score (nSPS) is 19.2. The molecule has 1 aromatic carbocycles. The van der Waals surface area contributed by atoms with Crippen molar-refractivity contribution >= 4 is 5.84 Å². The van der Waals surface area contributed by atoms with Crippen molar-refractivity contribution in [2.24, 2.45) is 4.99 Å². The van der Waals surface area contributed by atoms with E-state index in [0.717, 1.165) is 22.7 Å². The van der Waals surface area contributed by atoms with E-state index in [2.05, 4.69) is 45.7 Å². The number of nitrogens with one attached hydrogen (secondary N) is 2. The first kappa shape index (κ1) is 15.7. The van der Waals surface area contributed by atoms with Crippen molar-refractivity contribution in [1.82, 2.24) is 25.3 Å². The maximum absolute atomic E-state index is 13.3. The quantitative estimate of drug-likeness (QED) is 0.896. The van der Waals surface area contributed by atoms with Crippen LogP contribution >= 0.6 is 0 Å². The van der Waals surface area contributed by atoms with Gasteiger partial charge in [0.1, 0.15) is 24.5 Å². The van der Waals surface area contributed by atoms with Crippen LogP contribution in [-0.4, -0.2) is 33.2 Å². The number of amidine groups is 1. The van der Waals surface area contributed by atoms with E-state index in [-0.39, 0.29) is 12.0 Å². The Hall–Kier alpha value is -2.83. The van der Waals surface area contributed by atoms with E-state index >= 15 is 0 Å². The molecular formula is C18H21FN6. The Kier molecular flexibility index (Phi) is 3.91. The molecule has 4 rings (SSSR count). The lowest BCUT2D eigenvalue weighted by Gasteiger charge is -2.26. The molecule has 0 bridgehead atoms. The summed E-state index contributed by atoms with van der Waals surface area (Å²) in [6.07, 6.45) is 5.84. The number of nitrogens with zero attached hydrogens (tertiary/aromatic N) is 4. The second-order valence-electron chi connectivity index (χ2n) is 6.62. The number of fused-ring (bicyclic) bond motifs is 1. The van der Waals surface area contributed by atoms with Gasteiger partial charge in [-0.25, -0.2) is 9.38 Å². The molecule has 0 saturated carbocycles. The molecule has 7 heteroatoms. The Morgan fingerprint density at radius 3 is 3.00 bits per heavy atom. The van der Waals surface area contributed by atoms with Gasteiger partial charge in [-0.05, 0) is 31.5 Å². The molecule has 25 heavy (non-hydrogen) atoms. The minimum atomic E-state index is -0.229. The van der Waals surface area contributed by atoms with Gasteiger partial charge in [-0.3, -0.25) is 4.68 Å². The number of aliphatic imine (C=N–C) groups is 1. The second-order valence-corrected chi connectivity index (χ2v) is 6.62. The Balaban J connectivity index is 1.47. The second kappa shape index (κ2) is 6.23. The third kappa shape index (κ3) is 3.22. The molecule has 1 aromatic heterocycles. The summed E-state index contributed by atoms with van der Waals surface area (Å²) < 4.78 is 15.1. The van der Waals surface area contributed by atoms with Crippen LogP contribution in [0.15, 0.2) is 53.5 Å². The molecule has 6 nitrogen and oxygen atoms in total. The summed E-state index contributed by atoms with van der Waals surface area (Å²) >= 11 is 0. The summed E-state index contributed by atoms with van der Waals surface area (Å²) in [5, 5.41) is 11.2. The zero-order valence-electron chi connectivity index (χ0n) is 14.3. The van der Waals surface area contributed by atoms with Crippen molar-refractivity contribution in [2.75, 3.05) is 6.67 Å². The fraction of sp³-hybridized carbons (Fsp3) is 0.333. The third-order valence-corrected chi connectivity index (χ3v) is 4.41. The molecule has 0 aliphatic carbocycles. The molecule has 2 aliphatic rings. The van der Waals surface area contributed by atoms with Gasteiger partial charge in [0.15, 0.2) is 0 Å². The molecule has 2 aromatic rings. The van der Waals surface area contributed by atoms with Crippen LogP contribution in [-0.2, 0) is 6.54 Å². The van der Waals surface area contributed by atoms with Crippen LogP contribution in [0.5, 0.6) is 0 Å². The predicted molar refractivity (Wildman–Crippen MR) is 94.1 cm³/mol. The monoisotopic (exact) mass is 340 g/mol. The summed E-state index contributed by atoms with van der Waals surface area (Å²) in [5.41, 5.74) is 2.91. The number of hydrogen-bond donors (Lipinski definition) is 2. The minimum Gasteiger partial charge on any atom is -0.357 e. The van der Waals surface area contributed by atoms with Crippen LogP contribution in [0.3, 0.4) is 0 Å². The first-order valence-corrected chi connectivity index (χ1v) is 8.41. The summed E-state index contributed by atoms with van der Waals surface area (Å²) in [6.45, 7) is 5.49.